The summed E-state index contributed by atoms with van der Waals surface area (Å²) in [7, 11) is 0. The largest absolute Gasteiger partial charge is 0.349 e. The number of halogens is 1. The Labute approximate surface area is 110 Å². The molecular weight excluding hydrogens is 275 g/mol. The van der Waals surface area contributed by atoms with Gasteiger partial charge in [0.25, 0.3) is 0 Å². The van der Waals surface area contributed by atoms with Crippen LogP contribution in [0.3, 0.4) is 0 Å². The zero-order valence-electron chi connectivity index (χ0n) is 9.05. The molecule has 0 unspecified atom stereocenters. The van der Waals surface area contributed by atoms with E-state index in [9.17, 15) is 9.32 Å². The summed E-state index contributed by atoms with van der Waals surface area (Å²) in [5, 5.41) is 9.17. The van der Waals surface area contributed by atoms with Gasteiger partial charge in [-0.15, -0.1) is 23.1 Å². The first kappa shape index (κ1) is 12.8. The molecule has 0 aliphatic carbocycles. The fraction of sp³-hybridized carbons (Fsp3) is 0.182. The van der Waals surface area contributed by atoms with Gasteiger partial charge in [-0.3, -0.25) is 4.94 Å². The normalized spacial score (nSPS) is 10.2. The molecule has 0 atom stereocenters. The smallest absolute Gasteiger partial charge is 0.255 e. The lowest BCUT2D eigenvalue weighted by Gasteiger charge is -1.99. The molecular formula is C11H7FN2O2S2. The minimum atomic E-state index is -0.867. The Morgan fingerprint density at radius 2 is 2.44 bits per heavy atom. The van der Waals surface area contributed by atoms with E-state index in [-0.39, 0.29) is 6.42 Å². The molecule has 2 aromatic rings. The molecule has 0 aliphatic heterocycles. The van der Waals surface area contributed by atoms with Crippen molar-refractivity contribution >= 4 is 39.3 Å². The van der Waals surface area contributed by atoms with Crippen molar-refractivity contribution < 1.29 is 14.3 Å². The van der Waals surface area contributed by atoms with E-state index in [0.717, 1.165) is 15.1 Å². The van der Waals surface area contributed by atoms with Crippen LogP contribution in [0.15, 0.2) is 23.1 Å². The highest BCUT2D eigenvalue weighted by molar-refractivity contribution is 7.99. The van der Waals surface area contributed by atoms with Crippen LogP contribution >= 0.6 is 23.1 Å². The van der Waals surface area contributed by atoms with E-state index < -0.39 is 5.97 Å². The van der Waals surface area contributed by atoms with Crippen LogP contribution in [-0.2, 0) is 9.74 Å². The second kappa shape index (κ2) is 5.80. The number of aromatic nitrogens is 1. The summed E-state index contributed by atoms with van der Waals surface area (Å²) in [6.07, 6.45) is 0.0192. The van der Waals surface area contributed by atoms with Crippen molar-refractivity contribution in [3.05, 3.63) is 23.2 Å². The first-order valence-corrected chi connectivity index (χ1v) is 6.78. The first-order chi connectivity index (χ1) is 8.72. The van der Waals surface area contributed by atoms with Gasteiger partial charge in [0.15, 0.2) is 5.01 Å². The quantitative estimate of drug-likeness (QED) is 0.806. The molecule has 1 aromatic heterocycles. The van der Waals surface area contributed by atoms with E-state index in [4.69, 9.17) is 5.26 Å². The Balaban J connectivity index is 2.06. The zero-order valence-corrected chi connectivity index (χ0v) is 10.7. The number of carbonyl (C=O) groups excluding carboxylic acids is 1. The zero-order chi connectivity index (χ0) is 13.0. The molecule has 18 heavy (non-hydrogen) atoms. The molecule has 0 fully saturated rings. The molecule has 7 heteroatoms. The fourth-order valence-corrected chi connectivity index (χ4v) is 3.08. The van der Waals surface area contributed by atoms with E-state index in [1.54, 1.807) is 0 Å². The van der Waals surface area contributed by atoms with E-state index in [2.05, 4.69) is 9.93 Å². The summed E-state index contributed by atoms with van der Waals surface area (Å²) >= 11 is 2.74. The Kier molecular flexibility index (Phi) is 4.12. The molecule has 0 saturated heterocycles. The van der Waals surface area contributed by atoms with Gasteiger partial charge in [-0.2, -0.15) is 5.26 Å². The maximum Gasteiger partial charge on any atom is 0.349 e. The molecule has 1 aromatic carbocycles. The van der Waals surface area contributed by atoms with Crippen LogP contribution in [0.4, 0.5) is 4.53 Å². The minimum Gasteiger partial charge on any atom is -0.255 e. The highest BCUT2D eigenvalue weighted by atomic mass is 32.2. The van der Waals surface area contributed by atoms with E-state index >= 15 is 0 Å². The Morgan fingerprint density at radius 1 is 1.61 bits per heavy atom. The lowest BCUT2D eigenvalue weighted by molar-refractivity contribution is -0.183. The minimum absolute atomic E-state index is 0.0192. The molecule has 92 valence electrons. The van der Waals surface area contributed by atoms with Crippen LogP contribution in [-0.4, -0.2) is 16.7 Å². The molecule has 1 heterocycles. The predicted octanol–water partition coefficient (Wildman–Crippen LogP) is 3.08. The highest BCUT2D eigenvalue weighted by Gasteiger charge is 2.06. The molecule has 0 N–H and O–H groups in total. The van der Waals surface area contributed by atoms with Crippen LogP contribution in [0, 0.1) is 11.3 Å². The summed E-state index contributed by atoms with van der Waals surface area (Å²) in [5.41, 5.74) is 0.782. The molecule has 0 amide bonds. The standard InChI is InChI=1S/C11H7FN2O2S2/c12-16-11(15)3-4-17-7-1-2-8-9(5-7)18-10(6-13)14-8/h1-2,5H,3-4H2. The summed E-state index contributed by atoms with van der Waals surface area (Å²) in [6.45, 7) is 0. The third-order valence-electron chi connectivity index (χ3n) is 2.12. The van der Waals surface area contributed by atoms with E-state index in [1.807, 2.05) is 24.3 Å². The van der Waals surface area contributed by atoms with Crippen LogP contribution in [0.25, 0.3) is 10.2 Å². The second-order valence-corrected chi connectivity index (χ2v) is 5.51. The Morgan fingerprint density at radius 3 is 3.17 bits per heavy atom. The van der Waals surface area contributed by atoms with Gasteiger partial charge >= 0.3 is 5.97 Å². The van der Waals surface area contributed by atoms with Crippen molar-refractivity contribution in [1.29, 1.82) is 5.26 Å². The number of hydrogen-bond acceptors (Lipinski definition) is 6. The topological polar surface area (TPSA) is 63.0 Å². The predicted molar refractivity (Wildman–Crippen MR) is 66.9 cm³/mol. The molecule has 0 saturated carbocycles. The third kappa shape index (κ3) is 2.97. The van der Waals surface area contributed by atoms with Gasteiger partial charge in [0.2, 0.25) is 0 Å². The van der Waals surface area contributed by atoms with Crippen molar-refractivity contribution in [2.24, 2.45) is 0 Å². The van der Waals surface area contributed by atoms with E-state index in [0.29, 0.717) is 10.8 Å². The number of nitriles is 1. The summed E-state index contributed by atoms with van der Waals surface area (Å²) in [4.78, 5) is 18.7. The number of rotatable bonds is 4. The van der Waals surface area contributed by atoms with Gasteiger partial charge in [0, 0.05) is 15.2 Å². The van der Waals surface area contributed by atoms with Crippen LogP contribution in [0.5, 0.6) is 0 Å². The van der Waals surface area contributed by atoms with Crippen molar-refractivity contribution in [2.45, 2.75) is 11.3 Å². The number of thioether (sulfide) groups is 1. The number of benzene rings is 1. The molecule has 2 rings (SSSR count). The van der Waals surface area contributed by atoms with Crippen LogP contribution < -0.4 is 0 Å². The average molecular weight is 282 g/mol. The van der Waals surface area contributed by atoms with Gasteiger partial charge in [-0.25, -0.2) is 9.78 Å². The lowest BCUT2D eigenvalue weighted by Crippen LogP contribution is -1.98. The molecule has 0 radical (unpaired) electrons. The SMILES string of the molecule is N#Cc1nc2ccc(SCCC(=O)OF)cc2s1. The van der Waals surface area contributed by atoms with Gasteiger partial charge in [-0.05, 0) is 18.2 Å². The van der Waals surface area contributed by atoms with E-state index in [1.165, 1.54) is 23.1 Å². The van der Waals surface area contributed by atoms with Crippen molar-refractivity contribution in [3.63, 3.8) is 0 Å². The number of fused-ring (bicyclic) bond motifs is 1. The maximum absolute atomic E-state index is 11.5. The van der Waals surface area contributed by atoms with Crippen molar-refractivity contribution in [2.75, 3.05) is 5.75 Å². The Bertz CT molecular complexity index is 621. The summed E-state index contributed by atoms with van der Waals surface area (Å²) < 4.78 is 12.4. The fourth-order valence-electron chi connectivity index (χ4n) is 1.33. The van der Waals surface area contributed by atoms with Gasteiger partial charge in [-0.1, -0.05) is 0 Å². The third-order valence-corrected chi connectivity index (χ3v) is 4.03. The molecule has 0 spiro atoms. The van der Waals surface area contributed by atoms with Gasteiger partial charge in [0.1, 0.15) is 6.07 Å². The monoisotopic (exact) mass is 282 g/mol. The summed E-state index contributed by atoms with van der Waals surface area (Å²) in [6, 6.07) is 7.58. The first-order valence-electron chi connectivity index (χ1n) is 4.98. The number of hydrogen-bond donors (Lipinski definition) is 0. The Hall–Kier alpha value is -1.65. The van der Waals surface area contributed by atoms with Crippen LogP contribution in [0.1, 0.15) is 11.4 Å². The molecule has 4 nitrogen and oxygen atoms in total. The number of nitrogens with zero attached hydrogens (tertiary/aromatic N) is 2. The van der Waals surface area contributed by atoms with Gasteiger partial charge < -0.3 is 0 Å². The van der Waals surface area contributed by atoms with Gasteiger partial charge in [0.05, 0.1) is 16.6 Å². The summed E-state index contributed by atoms with van der Waals surface area (Å²) in [5.74, 6) is -0.425. The lowest BCUT2D eigenvalue weighted by atomic mass is 10.3. The molecule has 0 aliphatic rings. The highest BCUT2D eigenvalue weighted by Crippen LogP contribution is 2.27. The van der Waals surface area contributed by atoms with Crippen molar-refractivity contribution in [3.8, 4) is 6.07 Å². The van der Waals surface area contributed by atoms with Crippen LogP contribution in [0.2, 0.25) is 0 Å². The van der Waals surface area contributed by atoms with Crippen molar-refractivity contribution in [1.82, 2.24) is 4.98 Å². The maximum atomic E-state index is 11.5. The molecule has 0 bridgehead atoms. The number of thiazole rings is 1. The average Bonchev–Trinajstić information content (AvgIpc) is 2.80. The number of carbonyl (C=O) groups is 1. The second-order valence-electron chi connectivity index (χ2n) is 3.31.